The molecule has 0 amide bonds. The topological polar surface area (TPSA) is 84.9 Å². The number of nitrogens with one attached hydrogen (secondary N) is 1. The Kier molecular flexibility index (Phi) is 5.23. The fourth-order valence-electron chi connectivity index (χ4n) is 3.60. The second kappa shape index (κ2) is 7.95. The molecule has 1 unspecified atom stereocenters. The van der Waals surface area contributed by atoms with Crippen molar-refractivity contribution in [2.75, 3.05) is 38.2 Å². The summed E-state index contributed by atoms with van der Waals surface area (Å²) in [5.41, 5.74) is 2.93. The molecule has 1 fully saturated rings. The molecule has 1 saturated heterocycles. The normalized spacial score (nSPS) is 16.2. The zero-order valence-corrected chi connectivity index (χ0v) is 15.7. The van der Waals surface area contributed by atoms with Gasteiger partial charge in [-0.15, -0.1) is 0 Å². The van der Waals surface area contributed by atoms with Crippen LogP contribution in [0, 0.1) is 17.0 Å². The van der Waals surface area contributed by atoms with Gasteiger partial charge in [-0.3, -0.25) is 4.90 Å². The van der Waals surface area contributed by atoms with Crippen LogP contribution < -0.4 is 5.32 Å². The summed E-state index contributed by atoms with van der Waals surface area (Å²) >= 11 is 0. The number of anilines is 1. The average Bonchev–Trinajstić information content (AvgIpc) is 3.09. The Morgan fingerprint density at radius 2 is 1.96 bits per heavy atom. The van der Waals surface area contributed by atoms with Gasteiger partial charge in [0.15, 0.2) is 0 Å². The van der Waals surface area contributed by atoms with E-state index in [-0.39, 0.29) is 11.9 Å². The molecule has 0 radical (unpaired) electrons. The summed E-state index contributed by atoms with van der Waals surface area (Å²) in [6.45, 7) is 5.62. The van der Waals surface area contributed by atoms with Gasteiger partial charge in [-0.1, -0.05) is 35.9 Å². The molecule has 1 atom stereocenters. The van der Waals surface area contributed by atoms with Gasteiger partial charge in [0.2, 0.25) is 11.5 Å². The summed E-state index contributed by atoms with van der Waals surface area (Å²) in [5, 5.41) is 14.9. The SMILES string of the molecule is Cc1ccc(C(CNc2nc3ccccn3c2[N+](=O)[O-])N2CCOCC2)cc1. The van der Waals surface area contributed by atoms with Crippen molar-refractivity contribution in [1.82, 2.24) is 14.3 Å². The number of hydrogen-bond acceptors (Lipinski definition) is 6. The molecule has 0 saturated carbocycles. The van der Waals surface area contributed by atoms with Crippen molar-refractivity contribution in [2.24, 2.45) is 0 Å². The van der Waals surface area contributed by atoms with E-state index in [2.05, 4.69) is 46.4 Å². The Labute approximate surface area is 162 Å². The van der Waals surface area contributed by atoms with Gasteiger partial charge in [0, 0.05) is 25.7 Å². The molecule has 1 aliphatic heterocycles. The minimum absolute atomic E-state index is 0.0415. The van der Waals surface area contributed by atoms with Crippen LogP contribution in [0.4, 0.5) is 11.6 Å². The number of pyridine rings is 1. The Morgan fingerprint density at radius 3 is 2.68 bits per heavy atom. The van der Waals surface area contributed by atoms with Crippen LogP contribution in [0.3, 0.4) is 0 Å². The molecule has 3 aromatic rings. The largest absolute Gasteiger partial charge is 0.379 e. The molecule has 1 aromatic carbocycles. The highest BCUT2D eigenvalue weighted by Crippen LogP contribution is 2.28. The predicted octanol–water partition coefficient (Wildman–Crippen LogP) is 3.04. The van der Waals surface area contributed by atoms with Gasteiger partial charge in [0.25, 0.3) is 0 Å². The van der Waals surface area contributed by atoms with Crippen LogP contribution in [0.5, 0.6) is 0 Å². The van der Waals surface area contributed by atoms with E-state index in [4.69, 9.17) is 4.74 Å². The number of morpholine rings is 1. The molecule has 4 rings (SSSR count). The van der Waals surface area contributed by atoms with Crippen LogP contribution in [0.1, 0.15) is 17.2 Å². The van der Waals surface area contributed by atoms with Gasteiger partial charge in [-0.25, -0.2) is 0 Å². The van der Waals surface area contributed by atoms with Gasteiger partial charge in [-0.05, 0) is 23.5 Å². The molecule has 8 heteroatoms. The highest BCUT2D eigenvalue weighted by molar-refractivity contribution is 5.62. The number of imidazole rings is 1. The monoisotopic (exact) mass is 381 g/mol. The molecule has 1 N–H and O–H groups in total. The third kappa shape index (κ3) is 3.69. The Balaban J connectivity index is 1.62. The first-order valence-electron chi connectivity index (χ1n) is 9.37. The van der Waals surface area contributed by atoms with Crippen molar-refractivity contribution < 1.29 is 9.66 Å². The molecule has 28 heavy (non-hydrogen) atoms. The standard InChI is InChI=1S/C20H23N5O3/c1-15-5-7-16(8-6-15)17(23-10-12-28-13-11-23)14-21-19-20(25(26)27)24-9-3-2-4-18(24)22-19/h2-9,17,21H,10-14H2,1H3. The zero-order valence-electron chi connectivity index (χ0n) is 15.7. The van der Waals surface area contributed by atoms with Crippen LogP contribution in [0.25, 0.3) is 5.65 Å². The van der Waals surface area contributed by atoms with E-state index < -0.39 is 4.92 Å². The molecule has 8 nitrogen and oxygen atoms in total. The average molecular weight is 381 g/mol. The van der Waals surface area contributed by atoms with E-state index >= 15 is 0 Å². The van der Waals surface area contributed by atoms with Crippen LogP contribution in [0.15, 0.2) is 48.7 Å². The van der Waals surface area contributed by atoms with Crippen molar-refractivity contribution >= 4 is 17.3 Å². The summed E-state index contributed by atoms with van der Waals surface area (Å²) in [4.78, 5) is 18.0. The predicted molar refractivity (Wildman–Crippen MR) is 107 cm³/mol. The zero-order chi connectivity index (χ0) is 19.5. The smallest absolute Gasteiger partial charge is 0.372 e. The van der Waals surface area contributed by atoms with Crippen molar-refractivity contribution in [1.29, 1.82) is 0 Å². The molecule has 146 valence electrons. The summed E-state index contributed by atoms with van der Waals surface area (Å²) in [6.07, 6.45) is 1.66. The number of ether oxygens (including phenoxy) is 1. The lowest BCUT2D eigenvalue weighted by atomic mass is 10.0. The number of fused-ring (bicyclic) bond motifs is 1. The van der Waals surface area contributed by atoms with E-state index in [9.17, 15) is 10.1 Å². The number of aromatic nitrogens is 2. The third-order valence-electron chi connectivity index (χ3n) is 5.09. The highest BCUT2D eigenvalue weighted by Gasteiger charge is 2.26. The molecule has 2 aromatic heterocycles. The first-order valence-corrected chi connectivity index (χ1v) is 9.37. The van der Waals surface area contributed by atoms with E-state index in [0.29, 0.717) is 31.2 Å². The van der Waals surface area contributed by atoms with Crippen LogP contribution in [-0.2, 0) is 4.74 Å². The quantitative estimate of drug-likeness (QED) is 0.522. The first kappa shape index (κ1) is 18.4. The summed E-state index contributed by atoms with van der Waals surface area (Å²) in [5.74, 6) is 0.252. The number of benzene rings is 1. The summed E-state index contributed by atoms with van der Waals surface area (Å²) < 4.78 is 6.99. The summed E-state index contributed by atoms with van der Waals surface area (Å²) in [6, 6.07) is 13.8. The van der Waals surface area contributed by atoms with Crippen molar-refractivity contribution in [3.05, 3.63) is 69.9 Å². The number of nitrogens with zero attached hydrogens (tertiary/aromatic N) is 4. The van der Waals surface area contributed by atoms with Crippen molar-refractivity contribution in [3.63, 3.8) is 0 Å². The molecule has 3 heterocycles. The molecular formula is C20H23N5O3. The first-order chi connectivity index (χ1) is 13.6. The van der Waals surface area contributed by atoms with Gasteiger partial charge < -0.3 is 20.2 Å². The van der Waals surface area contributed by atoms with Crippen LogP contribution in [-0.4, -0.2) is 52.1 Å². The van der Waals surface area contributed by atoms with E-state index in [1.165, 1.54) is 15.5 Å². The maximum atomic E-state index is 11.6. The lowest BCUT2D eigenvalue weighted by Gasteiger charge is -2.35. The Hall–Kier alpha value is -2.97. The summed E-state index contributed by atoms with van der Waals surface area (Å²) in [7, 11) is 0. The van der Waals surface area contributed by atoms with Crippen LogP contribution >= 0.6 is 0 Å². The fourth-order valence-corrected chi connectivity index (χ4v) is 3.60. The fraction of sp³-hybridized carbons (Fsp3) is 0.350. The van der Waals surface area contributed by atoms with Crippen molar-refractivity contribution in [2.45, 2.75) is 13.0 Å². The van der Waals surface area contributed by atoms with Crippen LogP contribution in [0.2, 0.25) is 0 Å². The van der Waals surface area contributed by atoms with E-state index in [1.54, 1.807) is 18.3 Å². The molecule has 0 bridgehead atoms. The van der Waals surface area contributed by atoms with Gasteiger partial charge >= 0.3 is 5.82 Å². The minimum atomic E-state index is -0.391. The second-order valence-electron chi connectivity index (χ2n) is 6.93. The van der Waals surface area contributed by atoms with E-state index in [0.717, 1.165) is 13.1 Å². The lowest BCUT2D eigenvalue weighted by molar-refractivity contribution is -0.389. The number of hydrogen-bond donors (Lipinski definition) is 1. The van der Waals surface area contributed by atoms with Gasteiger partial charge in [0.05, 0.1) is 25.5 Å². The minimum Gasteiger partial charge on any atom is -0.379 e. The van der Waals surface area contributed by atoms with Crippen molar-refractivity contribution in [3.8, 4) is 0 Å². The number of nitro groups is 1. The Morgan fingerprint density at radius 1 is 1.21 bits per heavy atom. The number of rotatable bonds is 6. The second-order valence-corrected chi connectivity index (χ2v) is 6.93. The van der Waals surface area contributed by atoms with Gasteiger partial charge in [0.1, 0.15) is 0 Å². The lowest BCUT2D eigenvalue weighted by Crippen LogP contribution is -2.41. The number of aryl methyl sites for hydroxylation is 1. The van der Waals surface area contributed by atoms with E-state index in [1.807, 2.05) is 6.07 Å². The molecule has 0 aliphatic carbocycles. The van der Waals surface area contributed by atoms with Gasteiger partial charge in [-0.2, -0.15) is 9.38 Å². The molecule has 1 aliphatic rings. The Bertz CT molecular complexity index is 964. The highest BCUT2D eigenvalue weighted by atomic mass is 16.6. The molecular weight excluding hydrogens is 358 g/mol. The third-order valence-corrected chi connectivity index (χ3v) is 5.09. The maximum absolute atomic E-state index is 11.6. The molecule has 0 spiro atoms. The maximum Gasteiger partial charge on any atom is 0.372 e.